The fraction of sp³-hybridized carbons (Fsp3) is 0.250. The number of H-pyrrole nitrogens is 1. The SMILES string of the molecule is CCOC(=O)c1nc2c(=O)[nH]c3cc(NC(C)=O)ccc3n2c1C. The average Bonchev–Trinajstić information content (AvgIpc) is 2.85. The van der Waals surface area contributed by atoms with E-state index in [4.69, 9.17) is 4.74 Å². The van der Waals surface area contributed by atoms with Crippen LogP contribution in [0, 0.1) is 6.92 Å². The molecule has 3 rings (SSSR count). The highest BCUT2D eigenvalue weighted by Crippen LogP contribution is 2.20. The Kier molecular flexibility index (Phi) is 3.80. The number of hydrogen-bond donors (Lipinski definition) is 2. The van der Waals surface area contributed by atoms with E-state index >= 15 is 0 Å². The molecule has 0 saturated heterocycles. The summed E-state index contributed by atoms with van der Waals surface area (Å²) < 4.78 is 6.59. The Bertz CT molecular complexity index is 1030. The van der Waals surface area contributed by atoms with Crippen LogP contribution in [0.15, 0.2) is 23.0 Å². The maximum absolute atomic E-state index is 12.3. The lowest BCUT2D eigenvalue weighted by Gasteiger charge is -2.07. The fourth-order valence-electron chi connectivity index (χ4n) is 2.63. The van der Waals surface area contributed by atoms with Gasteiger partial charge >= 0.3 is 5.97 Å². The topological polar surface area (TPSA) is 106 Å². The minimum atomic E-state index is -0.568. The summed E-state index contributed by atoms with van der Waals surface area (Å²) in [7, 11) is 0. The minimum Gasteiger partial charge on any atom is -0.461 e. The Morgan fingerprint density at radius 3 is 2.79 bits per heavy atom. The van der Waals surface area contributed by atoms with Gasteiger partial charge < -0.3 is 15.0 Å². The molecule has 8 heteroatoms. The van der Waals surface area contributed by atoms with Crippen LogP contribution in [0.2, 0.25) is 0 Å². The van der Waals surface area contributed by atoms with Crippen LogP contribution in [0.3, 0.4) is 0 Å². The van der Waals surface area contributed by atoms with Crippen LogP contribution >= 0.6 is 0 Å². The zero-order chi connectivity index (χ0) is 17.4. The zero-order valence-corrected chi connectivity index (χ0v) is 13.5. The van der Waals surface area contributed by atoms with Gasteiger partial charge in [-0.05, 0) is 32.0 Å². The molecule has 124 valence electrons. The molecule has 0 radical (unpaired) electrons. The lowest BCUT2D eigenvalue weighted by Crippen LogP contribution is -2.12. The first-order chi connectivity index (χ1) is 11.4. The normalized spacial score (nSPS) is 11.0. The summed E-state index contributed by atoms with van der Waals surface area (Å²) in [5, 5.41) is 2.66. The molecule has 2 heterocycles. The number of aromatic amines is 1. The summed E-state index contributed by atoms with van der Waals surface area (Å²) >= 11 is 0. The molecule has 0 saturated carbocycles. The molecule has 0 aliphatic rings. The van der Waals surface area contributed by atoms with E-state index in [0.29, 0.717) is 22.4 Å². The Hall–Kier alpha value is -3.16. The molecule has 2 aromatic heterocycles. The first kappa shape index (κ1) is 15.7. The second-order valence-electron chi connectivity index (χ2n) is 5.29. The third-order valence-corrected chi connectivity index (χ3v) is 3.59. The number of imidazole rings is 1. The number of carbonyl (C=O) groups excluding carboxylic acids is 2. The van der Waals surface area contributed by atoms with E-state index in [1.54, 1.807) is 36.4 Å². The van der Waals surface area contributed by atoms with Gasteiger partial charge in [0.05, 0.1) is 23.3 Å². The highest BCUT2D eigenvalue weighted by atomic mass is 16.5. The number of fused-ring (bicyclic) bond motifs is 3. The van der Waals surface area contributed by atoms with Crippen molar-refractivity contribution in [1.29, 1.82) is 0 Å². The quantitative estimate of drug-likeness (QED) is 0.711. The summed E-state index contributed by atoms with van der Waals surface area (Å²) in [5.41, 5.74) is 2.08. The average molecular weight is 328 g/mol. The van der Waals surface area contributed by atoms with E-state index in [1.165, 1.54) is 6.92 Å². The Labute approximate surface area is 136 Å². The molecule has 1 amide bonds. The van der Waals surface area contributed by atoms with E-state index in [2.05, 4.69) is 15.3 Å². The van der Waals surface area contributed by atoms with Crippen LogP contribution in [0.25, 0.3) is 16.7 Å². The van der Waals surface area contributed by atoms with Gasteiger partial charge in [-0.15, -0.1) is 0 Å². The molecule has 24 heavy (non-hydrogen) atoms. The van der Waals surface area contributed by atoms with Crippen LogP contribution in [0.1, 0.15) is 30.0 Å². The highest BCUT2D eigenvalue weighted by Gasteiger charge is 2.20. The van der Waals surface area contributed by atoms with Crippen molar-refractivity contribution < 1.29 is 14.3 Å². The molecule has 0 aliphatic heterocycles. The van der Waals surface area contributed by atoms with Crippen molar-refractivity contribution in [3.63, 3.8) is 0 Å². The number of aromatic nitrogens is 3. The molecule has 0 spiro atoms. The van der Waals surface area contributed by atoms with Crippen LogP contribution in [-0.4, -0.2) is 32.9 Å². The highest BCUT2D eigenvalue weighted by molar-refractivity contribution is 5.93. The van der Waals surface area contributed by atoms with E-state index in [-0.39, 0.29) is 23.9 Å². The third kappa shape index (κ3) is 2.51. The van der Waals surface area contributed by atoms with Gasteiger partial charge in [0, 0.05) is 12.6 Å². The zero-order valence-electron chi connectivity index (χ0n) is 13.5. The van der Waals surface area contributed by atoms with Crippen molar-refractivity contribution in [1.82, 2.24) is 14.4 Å². The number of carbonyl (C=O) groups is 2. The third-order valence-electron chi connectivity index (χ3n) is 3.59. The maximum atomic E-state index is 12.3. The van der Waals surface area contributed by atoms with E-state index in [9.17, 15) is 14.4 Å². The Morgan fingerprint density at radius 1 is 1.38 bits per heavy atom. The van der Waals surface area contributed by atoms with E-state index in [1.807, 2.05) is 0 Å². The summed E-state index contributed by atoms with van der Waals surface area (Å²) in [4.78, 5) is 42.3. The fourth-order valence-corrected chi connectivity index (χ4v) is 2.63. The lowest BCUT2D eigenvalue weighted by atomic mass is 10.2. The molecule has 3 aromatic rings. The largest absolute Gasteiger partial charge is 0.461 e. The van der Waals surface area contributed by atoms with Crippen molar-refractivity contribution in [2.45, 2.75) is 20.8 Å². The monoisotopic (exact) mass is 328 g/mol. The van der Waals surface area contributed by atoms with Crippen LogP contribution in [0.4, 0.5) is 5.69 Å². The first-order valence-corrected chi connectivity index (χ1v) is 7.42. The van der Waals surface area contributed by atoms with Crippen molar-refractivity contribution in [2.75, 3.05) is 11.9 Å². The number of ether oxygens (including phenoxy) is 1. The van der Waals surface area contributed by atoms with E-state index in [0.717, 1.165) is 0 Å². The van der Waals surface area contributed by atoms with E-state index < -0.39 is 11.5 Å². The molecule has 0 aliphatic carbocycles. The molecule has 0 fully saturated rings. The summed E-state index contributed by atoms with van der Waals surface area (Å²) in [6, 6.07) is 5.11. The number of amides is 1. The van der Waals surface area contributed by atoms with Crippen LogP contribution in [-0.2, 0) is 9.53 Å². The number of hydrogen-bond acceptors (Lipinski definition) is 5. The summed E-state index contributed by atoms with van der Waals surface area (Å²) in [5.74, 6) is -0.776. The van der Waals surface area contributed by atoms with Gasteiger partial charge in [-0.2, -0.15) is 0 Å². The van der Waals surface area contributed by atoms with Crippen LogP contribution < -0.4 is 10.9 Å². The summed E-state index contributed by atoms with van der Waals surface area (Å²) in [6.45, 7) is 5.03. The second kappa shape index (κ2) is 5.80. The smallest absolute Gasteiger partial charge is 0.358 e. The number of rotatable bonds is 3. The molecule has 1 aromatic carbocycles. The Morgan fingerprint density at radius 2 is 2.12 bits per heavy atom. The number of nitrogens with one attached hydrogen (secondary N) is 2. The predicted octanol–water partition coefficient (Wildman–Crippen LogP) is 1.62. The van der Waals surface area contributed by atoms with Crippen molar-refractivity contribution in [2.24, 2.45) is 0 Å². The predicted molar refractivity (Wildman–Crippen MR) is 88.3 cm³/mol. The van der Waals surface area contributed by atoms with Gasteiger partial charge in [0.15, 0.2) is 5.69 Å². The summed E-state index contributed by atoms with van der Waals surface area (Å²) in [6.07, 6.45) is 0. The van der Waals surface area contributed by atoms with Gasteiger partial charge in [0.2, 0.25) is 11.6 Å². The maximum Gasteiger partial charge on any atom is 0.358 e. The molecule has 0 bridgehead atoms. The minimum absolute atomic E-state index is 0.112. The van der Waals surface area contributed by atoms with Gasteiger partial charge in [0.25, 0.3) is 5.56 Å². The van der Waals surface area contributed by atoms with Crippen molar-refractivity contribution in [3.8, 4) is 0 Å². The molecular weight excluding hydrogens is 312 g/mol. The number of benzene rings is 1. The van der Waals surface area contributed by atoms with Crippen molar-refractivity contribution >= 4 is 34.2 Å². The molecular formula is C16H16N4O4. The van der Waals surface area contributed by atoms with Crippen LogP contribution in [0.5, 0.6) is 0 Å². The van der Waals surface area contributed by atoms with Gasteiger partial charge in [-0.3, -0.25) is 14.0 Å². The van der Waals surface area contributed by atoms with Crippen molar-refractivity contribution in [3.05, 3.63) is 39.9 Å². The number of nitrogens with zero attached hydrogens (tertiary/aromatic N) is 2. The van der Waals surface area contributed by atoms with Gasteiger partial charge in [-0.1, -0.05) is 0 Å². The second-order valence-corrected chi connectivity index (χ2v) is 5.29. The van der Waals surface area contributed by atoms with Gasteiger partial charge in [-0.25, -0.2) is 9.78 Å². The number of esters is 1. The number of aryl methyl sites for hydroxylation is 1. The molecule has 0 unspecified atom stereocenters. The standard InChI is InChI=1S/C16H16N4O4/c1-4-24-16(23)13-8(2)20-12-6-5-10(17-9(3)21)7-11(12)18-15(22)14(20)19-13/h5-7H,4H2,1-3H3,(H,17,21)(H,18,22). The Balaban J connectivity index is 2.28. The lowest BCUT2D eigenvalue weighted by molar-refractivity contribution is -0.114. The molecule has 8 nitrogen and oxygen atoms in total. The molecule has 2 N–H and O–H groups in total. The van der Waals surface area contributed by atoms with Gasteiger partial charge in [0.1, 0.15) is 0 Å². The first-order valence-electron chi connectivity index (χ1n) is 7.42. The molecule has 0 atom stereocenters. The number of anilines is 1.